The molecule has 0 N–H and O–H groups in total. The van der Waals surface area contributed by atoms with Gasteiger partial charge in [0.2, 0.25) is 0 Å². The summed E-state index contributed by atoms with van der Waals surface area (Å²) in [5.74, 6) is 0.678. The van der Waals surface area contributed by atoms with E-state index in [1.807, 2.05) is 0 Å². The lowest BCUT2D eigenvalue weighted by molar-refractivity contribution is -0.139. The van der Waals surface area contributed by atoms with E-state index in [4.69, 9.17) is 4.74 Å². The molecule has 0 saturated carbocycles. The molecule has 0 aromatic heterocycles. The van der Waals surface area contributed by atoms with Crippen molar-refractivity contribution in [1.82, 2.24) is 0 Å². The normalized spacial score (nSPS) is 13.0. The molecular formula is C11H16O6S2. The highest BCUT2D eigenvalue weighted by Crippen LogP contribution is 2.29. The molecule has 0 amide bonds. The van der Waals surface area contributed by atoms with E-state index in [1.165, 1.54) is 26.0 Å². The number of methoxy groups -OCH3 is 2. The van der Waals surface area contributed by atoms with E-state index in [9.17, 15) is 14.4 Å². The van der Waals surface area contributed by atoms with Crippen molar-refractivity contribution >= 4 is 41.4 Å². The van der Waals surface area contributed by atoms with Crippen LogP contribution >= 0.6 is 23.5 Å². The SMILES string of the molecule is CCOC(SCC(=O)OC)SC(C=C=O)C(=O)OC. The molecule has 108 valence electrons. The van der Waals surface area contributed by atoms with Crippen LogP contribution in [0.25, 0.3) is 0 Å². The number of ether oxygens (including phenoxy) is 3. The van der Waals surface area contributed by atoms with Crippen molar-refractivity contribution in [1.29, 1.82) is 0 Å². The van der Waals surface area contributed by atoms with Gasteiger partial charge in [-0.25, -0.2) is 4.79 Å². The molecule has 0 aromatic carbocycles. The van der Waals surface area contributed by atoms with Crippen LogP contribution in [0, 0.1) is 0 Å². The first-order valence-electron chi connectivity index (χ1n) is 5.33. The summed E-state index contributed by atoms with van der Waals surface area (Å²) in [4.78, 5) is 32.8. The second kappa shape index (κ2) is 10.9. The van der Waals surface area contributed by atoms with Gasteiger partial charge in [-0.1, -0.05) is 11.8 Å². The molecule has 0 rings (SSSR count). The van der Waals surface area contributed by atoms with E-state index in [1.54, 1.807) is 12.9 Å². The molecule has 6 nitrogen and oxygen atoms in total. The minimum Gasteiger partial charge on any atom is -0.468 e. The fourth-order valence-corrected chi connectivity index (χ4v) is 3.21. The minimum atomic E-state index is -0.816. The van der Waals surface area contributed by atoms with Crippen LogP contribution in [0.1, 0.15) is 6.92 Å². The van der Waals surface area contributed by atoms with Crippen molar-refractivity contribution in [2.45, 2.75) is 16.9 Å². The second-order valence-electron chi connectivity index (χ2n) is 3.00. The average Bonchev–Trinajstić information content (AvgIpc) is 2.42. The van der Waals surface area contributed by atoms with E-state index in [0.29, 0.717) is 6.61 Å². The Balaban J connectivity index is 4.54. The smallest absolute Gasteiger partial charge is 0.323 e. The van der Waals surface area contributed by atoms with Gasteiger partial charge in [0.05, 0.1) is 20.0 Å². The van der Waals surface area contributed by atoms with E-state index < -0.39 is 22.0 Å². The Bertz CT molecular complexity index is 340. The van der Waals surface area contributed by atoms with Gasteiger partial charge in [-0.05, 0) is 6.92 Å². The quantitative estimate of drug-likeness (QED) is 0.353. The molecule has 0 spiro atoms. The van der Waals surface area contributed by atoms with Gasteiger partial charge in [-0.3, -0.25) is 9.59 Å². The van der Waals surface area contributed by atoms with Crippen LogP contribution in [0.2, 0.25) is 0 Å². The minimum absolute atomic E-state index is 0.0901. The molecule has 19 heavy (non-hydrogen) atoms. The maximum absolute atomic E-state index is 11.4. The number of carbonyl (C=O) groups excluding carboxylic acids is 3. The first-order chi connectivity index (χ1) is 9.08. The number of hydrogen-bond acceptors (Lipinski definition) is 8. The van der Waals surface area contributed by atoms with Gasteiger partial charge in [-0.15, -0.1) is 11.8 Å². The summed E-state index contributed by atoms with van der Waals surface area (Å²) >= 11 is 2.23. The predicted molar refractivity (Wildman–Crippen MR) is 73.5 cm³/mol. The maximum atomic E-state index is 11.4. The monoisotopic (exact) mass is 308 g/mol. The van der Waals surface area contributed by atoms with Gasteiger partial charge < -0.3 is 14.2 Å². The lowest BCUT2D eigenvalue weighted by Crippen LogP contribution is -2.21. The lowest BCUT2D eigenvalue weighted by Gasteiger charge is -2.18. The zero-order valence-electron chi connectivity index (χ0n) is 10.9. The van der Waals surface area contributed by atoms with Gasteiger partial charge in [-0.2, -0.15) is 0 Å². The van der Waals surface area contributed by atoms with Crippen molar-refractivity contribution in [3.63, 3.8) is 0 Å². The van der Waals surface area contributed by atoms with Crippen molar-refractivity contribution in [3.05, 3.63) is 6.08 Å². The highest BCUT2D eigenvalue weighted by atomic mass is 32.2. The zero-order chi connectivity index (χ0) is 14.7. The summed E-state index contributed by atoms with van der Waals surface area (Å²) in [5.41, 5.74) is 0. The van der Waals surface area contributed by atoms with Crippen molar-refractivity contribution in [2.75, 3.05) is 26.6 Å². The van der Waals surface area contributed by atoms with Gasteiger partial charge in [0.25, 0.3) is 0 Å². The van der Waals surface area contributed by atoms with E-state index in [2.05, 4.69) is 9.47 Å². The Morgan fingerprint density at radius 1 is 1.32 bits per heavy atom. The summed E-state index contributed by atoms with van der Waals surface area (Å²) in [5, 5.41) is -0.816. The van der Waals surface area contributed by atoms with Crippen LogP contribution in [0.3, 0.4) is 0 Å². The largest absolute Gasteiger partial charge is 0.468 e. The molecule has 0 bridgehead atoms. The Hall–Kier alpha value is -0.950. The van der Waals surface area contributed by atoms with Gasteiger partial charge in [0.1, 0.15) is 11.2 Å². The second-order valence-corrected chi connectivity index (χ2v) is 5.55. The molecule has 0 aliphatic heterocycles. The van der Waals surface area contributed by atoms with Crippen LogP contribution in [-0.4, -0.2) is 54.5 Å². The van der Waals surface area contributed by atoms with Crippen LogP contribution in [-0.2, 0) is 28.6 Å². The summed E-state index contributed by atoms with van der Waals surface area (Å²) in [6, 6.07) is 0. The van der Waals surface area contributed by atoms with Crippen LogP contribution in [0.15, 0.2) is 6.08 Å². The van der Waals surface area contributed by atoms with Gasteiger partial charge in [0, 0.05) is 12.7 Å². The first kappa shape index (κ1) is 18.0. The number of rotatable bonds is 9. The average molecular weight is 308 g/mol. The molecule has 0 aliphatic carbocycles. The van der Waals surface area contributed by atoms with Crippen molar-refractivity contribution in [2.24, 2.45) is 0 Å². The molecule has 2 atom stereocenters. The van der Waals surface area contributed by atoms with Crippen molar-refractivity contribution < 1.29 is 28.6 Å². The third-order valence-corrected chi connectivity index (χ3v) is 4.31. The molecule has 0 saturated heterocycles. The summed E-state index contributed by atoms with van der Waals surface area (Å²) in [7, 11) is 2.52. The Kier molecular flexibility index (Phi) is 10.4. The Morgan fingerprint density at radius 2 is 2.00 bits per heavy atom. The highest BCUT2D eigenvalue weighted by Gasteiger charge is 2.24. The standard InChI is InChI=1S/C11H16O6S2/c1-4-17-11(18-7-9(13)15-2)19-8(5-6-12)10(14)16-3/h5,8,11H,4,7H2,1-3H3. The summed E-state index contributed by atoms with van der Waals surface area (Å²) in [6.45, 7) is 2.19. The van der Waals surface area contributed by atoms with Crippen LogP contribution in [0.4, 0.5) is 0 Å². The fraction of sp³-hybridized carbons (Fsp3) is 0.636. The lowest BCUT2D eigenvalue weighted by atomic mass is 10.4. The predicted octanol–water partition coefficient (Wildman–Crippen LogP) is 0.875. The van der Waals surface area contributed by atoms with Crippen LogP contribution in [0.5, 0.6) is 0 Å². The van der Waals surface area contributed by atoms with Crippen LogP contribution < -0.4 is 0 Å². The van der Waals surface area contributed by atoms with E-state index >= 15 is 0 Å². The van der Waals surface area contributed by atoms with E-state index in [0.717, 1.165) is 17.8 Å². The number of thioether (sulfide) groups is 2. The number of esters is 2. The van der Waals surface area contributed by atoms with Crippen molar-refractivity contribution in [3.8, 4) is 0 Å². The topological polar surface area (TPSA) is 78.9 Å². The molecular weight excluding hydrogens is 292 g/mol. The first-order valence-corrected chi connectivity index (χ1v) is 7.32. The highest BCUT2D eigenvalue weighted by molar-refractivity contribution is 8.17. The Morgan fingerprint density at radius 3 is 2.47 bits per heavy atom. The zero-order valence-corrected chi connectivity index (χ0v) is 12.5. The number of carbonyl (C=O) groups is 2. The van der Waals surface area contributed by atoms with E-state index in [-0.39, 0.29) is 5.75 Å². The maximum Gasteiger partial charge on any atom is 0.323 e. The molecule has 2 unspecified atom stereocenters. The van der Waals surface area contributed by atoms with Gasteiger partial charge in [0.15, 0.2) is 4.77 Å². The summed E-state index contributed by atoms with van der Waals surface area (Å²) < 4.78 is 14.0. The number of hydrogen-bond donors (Lipinski definition) is 0. The fourth-order valence-electron chi connectivity index (χ4n) is 0.918. The molecule has 0 aromatic rings. The molecule has 8 heteroatoms. The van der Waals surface area contributed by atoms with Gasteiger partial charge >= 0.3 is 11.9 Å². The molecule has 0 aliphatic rings. The molecule has 0 radical (unpaired) electrons. The third kappa shape index (κ3) is 7.94. The Labute approximate surface area is 120 Å². The molecule has 0 heterocycles. The third-order valence-electron chi connectivity index (χ3n) is 1.78. The summed E-state index contributed by atoms with van der Waals surface area (Å²) in [6.07, 6.45) is 1.06. The molecule has 0 fully saturated rings.